The Kier molecular flexibility index (Phi) is 26.7. The van der Waals surface area contributed by atoms with E-state index < -0.39 is 8.17 Å². The monoisotopic (exact) mass is 640 g/mol. The van der Waals surface area contributed by atoms with E-state index in [4.69, 9.17) is 9.05 Å². The van der Waals surface area contributed by atoms with Crippen molar-refractivity contribution in [3.8, 4) is 0 Å². The minimum Gasteiger partial charge on any atom is -0.606 e. The molecule has 0 aromatic carbocycles. The molecule has 0 saturated heterocycles. The van der Waals surface area contributed by atoms with Gasteiger partial charge in [0.1, 0.15) is 6.54 Å². The number of hydrogen-bond acceptors (Lipinski definition) is 5. The lowest BCUT2D eigenvalue weighted by Gasteiger charge is -2.23. The maximum Gasteiger partial charge on any atom is 0.376 e. The average molecular weight is 640 g/mol. The average Bonchev–Trinajstić information content (AvgIpc) is 3.01. The minimum absolute atomic E-state index is 0.291. The maximum atomic E-state index is 12.4. The van der Waals surface area contributed by atoms with E-state index in [-0.39, 0.29) is 0 Å². The minimum atomic E-state index is -3.96. The molecule has 0 bridgehead atoms. The number of pyridine rings is 1. The molecule has 0 spiro atoms. The van der Waals surface area contributed by atoms with Crippen LogP contribution < -0.4 is 14.4 Å². The number of anilines is 1. The van der Waals surface area contributed by atoms with Gasteiger partial charge in [0.15, 0.2) is 12.4 Å². The van der Waals surface area contributed by atoms with Crippen LogP contribution in [0.4, 0.5) is 5.69 Å². The number of rotatable bonds is 32. The van der Waals surface area contributed by atoms with Gasteiger partial charge in [-0.2, -0.15) is 13.9 Å². The third-order valence-corrected chi connectivity index (χ3v) is 9.83. The van der Waals surface area contributed by atoms with E-state index >= 15 is 0 Å². The van der Waals surface area contributed by atoms with Crippen molar-refractivity contribution >= 4 is 13.9 Å². The molecule has 44 heavy (non-hydrogen) atoms. The lowest BCUT2D eigenvalue weighted by molar-refractivity contribution is -0.697. The molecule has 1 N–H and O–H groups in total. The lowest BCUT2D eigenvalue weighted by atomic mass is 9.96. The lowest BCUT2D eigenvalue weighted by Crippen LogP contribution is -2.32. The van der Waals surface area contributed by atoms with Gasteiger partial charge in [0.2, 0.25) is 0 Å². The van der Waals surface area contributed by atoms with Crippen LogP contribution in [0.5, 0.6) is 0 Å². The topological polar surface area (TPSA) is 68.9 Å². The summed E-state index contributed by atoms with van der Waals surface area (Å²) in [6.45, 7) is 6.12. The molecule has 2 unspecified atom stereocenters. The number of phosphoric ester groups is 1. The Hall–Kier alpha value is -0.780. The zero-order valence-corrected chi connectivity index (χ0v) is 30.4. The van der Waals surface area contributed by atoms with Crippen LogP contribution in [-0.4, -0.2) is 32.2 Å². The Morgan fingerprint density at radius 1 is 0.659 bits per heavy atom. The molecule has 6 nitrogen and oxygen atoms in total. The Labute approximate surface area is 274 Å². The summed E-state index contributed by atoms with van der Waals surface area (Å²) in [5, 5.41) is 0. The van der Waals surface area contributed by atoms with Gasteiger partial charge in [0.25, 0.3) is 0 Å². The van der Waals surface area contributed by atoms with Gasteiger partial charge in [-0.05, 0) is 31.6 Å². The first-order valence-electron chi connectivity index (χ1n) is 18.7. The third-order valence-electron chi connectivity index (χ3n) is 8.84. The van der Waals surface area contributed by atoms with Gasteiger partial charge >= 0.3 is 8.17 Å². The number of hydrogen-bond donors (Lipinski definition) is 1. The summed E-state index contributed by atoms with van der Waals surface area (Å²) >= 11 is 0. The fraction of sp³-hybridized carbons (Fsp3) is 0.865. The first-order valence-corrected chi connectivity index (χ1v) is 20.2. The predicted octanol–water partition coefficient (Wildman–Crippen LogP) is 10.1. The van der Waals surface area contributed by atoms with E-state index in [0.29, 0.717) is 19.1 Å². The van der Waals surface area contributed by atoms with Crippen molar-refractivity contribution in [1.82, 2.24) is 0 Å². The van der Waals surface area contributed by atoms with Crippen molar-refractivity contribution in [2.45, 2.75) is 174 Å². The van der Waals surface area contributed by atoms with Crippen LogP contribution in [0.1, 0.15) is 168 Å². The second kappa shape index (κ2) is 28.4. The molecule has 7 heteroatoms. The van der Waals surface area contributed by atoms with Gasteiger partial charge in [0.05, 0.1) is 13.2 Å². The van der Waals surface area contributed by atoms with Gasteiger partial charge in [-0.3, -0.25) is 0 Å². The van der Waals surface area contributed by atoms with Gasteiger partial charge in [0, 0.05) is 38.3 Å². The molecule has 0 aliphatic carbocycles. The summed E-state index contributed by atoms with van der Waals surface area (Å²) in [6, 6.07) is 4.30. The molecule has 0 aliphatic heterocycles. The Bertz CT molecular complexity index is 748. The fourth-order valence-electron chi connectivity index (χ4n) is 5.94. The Morgan fingerprint density at radius 3 is 1.64 bits per heavy atom. The van der Waals surface area contributed by atoms with E-state index in [2.05, 4.69) is 61.9 Å². The van der Waals surface area contributed by atoms with Crippen molar-refractivity contribution < 1.29 is 23.4 Å². The van der Waals surface area contributed by atoms with Crippen molar-refractivity contribution in [3.63, 3.8) is 0 Å². The molecule has 2 atom stereocenters. The number of phosphoric acid groups is 1. The van der Waals surface area contributed by atoms with Crippen LogP contribution in [0.25, 0.3) is 0 Å². The standard InChI is InChI=1S/C37H71N2O4P/c1-5-7-8-9-10-11-12-13-14-15-16-17-18-21-24-28-36(27-6-2)35-43-44(40,41)42-34-26-23-20-19-22-25-31-39-32-29-37(30-33-39)38(3)4/h29-30,32-33,36H,5-28,31,34-35H2,1-4H3/p+1. The summed E-state index contributed by atoms with van der Waals surface area (Å²) in [7, 11) is 0.156. The summed E-state index contributed by atoms with van der Waals surface area (Å²) in [4.78, 5) is 24.7. The second-order valence-electron chi connectivity index (χ2n) is 13.3. The van der Waals surface area contributed by atoms with Crippen LogP contribution in [0.3, 0.4) is 0 Å². The quantitative estimate of drug-likeness (QED) is 0.0483. The van der Waals surface area contributed by atoms with Gasteiger partial charge < -0.3 is 9.79 Å². The zero-order chi connectivity index (χ0) is 32.1. The van der Waals surface area contributed by atoms with E-state index in [9.17, 15) is 9.79 Å². The van der Waals surface area contributed by atoms with Crippen LogP contribution in [0, 0.1) is 5.92 Å². The molecular formula is C37H72N2O4P+. The van der Waals surface area contributed by atoms with Crippen LogP contribution in [0.15, 0.2) is 24.5 Å². The highest BCUT2D eigenvalue weighted by Gasteiger charge is 2.28. The SMILES string of the molecule is CCCCCCCCCCCCCCCCCC(CCC)CO[P+]([O-])(O)OCCCCCCCC[n+]1ccc(N(C)C)cc1. The first kappa shape index (κ1) is 41.2. The van der Waals surface area contributed by atoms with Crippen molar-refractivity contribution in [2.24, 2.45) is 5.92 Å². The summed E-state index contributed by atoms with van der Waals surface area (Å²) < 4.78 is 12.9. The van der Waals surface area contributed by atoms with Crippen molar-refractivity contribution in [3.05, 3.63) is 24.5 Å². The molecule has 0 fully saturated rings. The summed E-state index contributed by atoms with van der Waals surface area (Å²) in [5.74, 6) is 0.343. The zero-order valence-electron chi connectivity index (χ0n) is 29.5. The third kappa shape index (κ3) is 24.5. The Morgan fingerprint density at radius 2 is 1.14 bits per heavy atom. The molecule has 0 aliphatic rings. The Balaban J connectivity index is 1.98. The highest BCUT2D eigenvalue weighted by Crippen LogP contribution is 2.48. The number of unbranched alkanes of at least 4 members (excludes halogenated alkanes) is 19. The van der Waals surface area contributed by atoms with Crippen LogP contribution in [-0.2, 0) is 15.6 Å². The van der Waals surface area contributed by atoms with E-state index in [0.717, 1.165) is 45.1 Å². The smallest absolute Gasteiger partial charge is 0.376 e. The second-order valence-corrected chi connectivity index (χ2v) is 14.8. The number of aryl methyl sites for hydroxylation is 1. The molecular weight excluding hydrogens is 567 g/mol. The molecule has 1 heterocycles. The van der Waals surface area contributed by atoms with Crippen molar-refractivity contribution in [1.29, 1.82) is 0 Å². The predicted molar refractivity (Wildman–Crippen MR) is 188 cm³/mol. The summed E-state index contributed by atoms with van der Waals surface area (Å²) in [6.07, 6.45) is 34.5. The van der Waals surface area contributed by atoms with E-state index in [1.165, 1.54) is 121 Å². The highest BCUT2D eigenvalue weighted by atomic mass is 31.2. The molecule has 0 amide bonds. The van der Waals surface area contributed by atoms with Crippen molar-refractivity contribution in [2.75, 3.05) is 32.2 Å². The normalized spacial score (nSPS) is 13.7. The van der Waals surface area contributed by atoms with Gasteiger partial charge in [-0.15, -0.1) is 0 Å². The summed E-state index contributed by atoms with van der Waals surface area (Å²) in [5.41, 5.74) is 1.22. The molecule has 258 valence electrons. The largest absolute Gasteiger partial charge is 0.606 e. The van der Waals surface area contributed by atoms with E-state index in [1.54, 1.807) is 0 Å². The number of nitrogens with zero attached hydrogens (tertiary/aromatic N) is 2. The van der Waals surface area contributed by atoms with Gasteiger partial charge in [-0.25, -0.2) is 4.57 Å². The maximum absolute atomic E-state index is 12.4. The molecule has 0 saturated carbocycles. The van der Waals surface area contributed by atoms with E-state index in [1.807, 2.05) is 0 Å². The molecule has 1 aromatic heterocycles. The van der Waals surface area contributed by atoms with Gasteiger partial charge in [-0.1, -0.05) is 136 Å². The molecule has 0 radical (unpaired) electrons. The molecule has 1 rings (SSSR count). The number of aromatic nitrogens is 1. The highest BCUT2D eigenvalue weighted by molar-refractivity contribution is 7.52. The fourth-order valence-corrected chi connectivity index (χ4v) is 6.77. The van der Waals surface area contributed by atoms with Crippen LogP contribution in [0.2, 0.25) is 0 Å². The van der Waals surface area contributed by atoms with Crippen LogP contribution >= 0.6 is 8.17 Å². The first-order chi connectivity index (χ1) is 21.4. The molecule has 1 aromatic rings.